The first-order chi connectivity index (χ1) is 7.65. The number of hydrogen-bond donors (Lipinski definition) is 2. The second-order valence-corrected chi connectivity index (χ2v) is 3.57. The van der Waals surface area contributed by atoms with E-state index in [4.69, 9.17) is 10.5 Å². The molecule has 0 aliphatic heterocycles. The number of benzene rings is 1. The molecule has 0 saturated heterocycles. The minimum absolute atomic E-state index is 0.263. The molecule has 0 amide bonds. The summed E-state index contributed by atoms with van der Waals surface area (Å²) >= 11 is 0. The van der Waals surface area contributed by atoms with Gasteiger partial charge in [-0.05, 0) is 26.0 Å². The largest absolute Gasteiger partial charge is 0.487 e. The van der Waals surface area contributed by atoms with Crippen molar-refractivity contribution in [2.75, 3.05) is 6.54 Å². The normalized spacial score (nSPS) is 13.5. The van der Waals surface area contributed by atoms with Crippen LogP contribution in [0.4, 0.5) is 0 Å². The highest BCUT2D eigenvalue weighted by Gasteiger charge is 2.11. The zero-order chi connectivity index (χ0) is 12.0. The van der Waals surface area contributed by atoms with Gasteiger partial charge in [-0.1, -0.05) is 24.0 Å². The Hall–Kier alpha value is -1.50. The summed E-state index contributed by atoms with van der Waals surface area (Å²) in [5, 5.41) is 9.37. The highest BCUT2D eigenvalue weighted by molar-refractivity contribution is 5.46. The van der Waals surface area contributed by atoms with E-state index in [1.165, 1.54) is 0 Å². The molecule has 1 aromatic carbocycles. The number of aliphatic hydroxyl groups excluding tert-OH is 1. The summed E-state index contributed by atoms with van der Waals surface area (Å²) in [5.74, 6) is 6.40. The lowest BCUT2D eigenvalue weighted by Gasteiger charge is -2.18. The van der Waals surface area contributed by atoms with Crippen molar-refractivity contribution in [3.05, 3.63) is 29.8 Å². The number of para-hydroxylation sites is 1. The van der Waals surface area contributed by atoms with Crippen molar-refractivity contribution < 1.29 is 9.84 Å². The van der Waals surface area contributed by atoms with Crippen LogP contribution >= 0.6 is 0 Å². The maximum atomic E-state index is 9.37. The zero-order valence-corrected chi connectivity index (χ0v) is 9.60. The molecular formula is C13H17NO2. The molecule has 3 N–H and O–H groups in total. The molecule has 0 fully saturated rings. The number of rotatable bonds is 3. The highest BCUT2D eigenvalue weighted by Crippen LogP contribution is 2.18. The van der Waals surface area contributed by atoms with Crippen molar-refractivity contribution in [3.8, 4) is 17.6 Å². The van der Waals surface area contributed by atoms with E-state index in [0.717, 1.165) is 5.56 Å². The maximum absolute atomic E-state index is 9.37. The number of hydrogen-bond acceptors (Lipinski definition) is 3. The lowest BCUT2D eigenvalue weighted by Crippen LogP contribution is -2.25. The van der Waals surface area contributed by atoms with Crippen LogP contribution in [0.2, 0.25) is 0 Å². The molecule has 0 aliphatic rings. The number of ether oxygens (including phenoxy) is 1. The Bertz CT molecular complexity index is 390. The van der Waals surface area contributed by atoms with E-state index >= 15 is 0 Å². The average molecular weight is 219 g/mol. The third-order valence-corrected chi connectivity index (χ3v) is 2.20. The Morgan fingerprint density at radius 2 is 2.06 bits per heavy atom. The van der Waals surface area contributed by atoms with Gasteiger partial charge >= 0.3 is 0 Å². The van der Waals surface area contributed by atoms with Gasteiger partial charge in [0.15, 0.2) is 0 Å². The Morgan fingerprint density at radius 3 is 2.69 bits per heavy atom. The standard InChI is InChI=1S/C13H17NO2/c1-10(15)11(2)16-13-8-4-3-6-12(13)7-5-9-14/h3-4,6,8,10-11,15H,9,14H2,1-2H3/t10-,11+/m0/s1. The van der Waals surface area contributed by atoms with E-state index in [-0.39, 0.29) is 6.10 Å². The monoisotopic (exact) mass is 219 g/mol. The molecule has 0 spiro atoms. The van der Waals surface area contributed by atoms with Crippen LogP contribution in [0.5, 0.6) is 5.75 Å². The quantitative estimate of drug-likeness (QED) is 0.750. The predicted octanol–water partition coefficient (Wildman–Crippen LogP) is 1.14. The Kier molecular flexibility index (Phi) is 4.84. The van der Waals surface area contributed by atoms with Gasteiger partial charge < -0.3 is 15.6 Å². The summed E-state index contributed by atoms with van der Waals surface area (Å²) in [6, 6.07) is 7.46. The van der Waals surface area contributed by atoms with Crippen molar-refractivity contribution in [1.82, 2.24) is 0 Å². The van der Waals surface area contributed by atoms with Gasteiger partial charge in [-0.3, -0.25) is 0 Å². The van der Waals surface area contributed by atoms with Gasteiger partial charge in [0.1, 0.15) is 11.9 Å². The average Bonchev–Trinajstić information content (AvgIpc) is 2.27. The summed E-state index contributed by atoms with van der Waals surface area (Å²) < 4.78 is 5.61. The van der Waals surface area contributed by atoms with Gasteiger partial charge in [-0.15, -0.1) is 0 Å². The Morgan fingerprint density at radius 1 is 1.38 bits per heavy atom. The molecule has 3 nitrogen and oxygen atoms in total. The Balaban J connectivity index is 2.86. The third kappa shape index (κ3) is 3.58. The fourth-order valence-corrected chi connectivity index (χ4v) is 1.12. The van der Waals surface area contributed by atoms with Gasteiger partial charge in [-0.25, -0.2) is 0 Å². The fourth-order valence-electron chi connectivity index (χ4n) is 1.12. The van der Waals surface area contributed by atoms with Gasteiger partial charge in [-0.2, -0.15) is 0 Å². The lowest BCUT2D eigenvalue weighted by atomic mass is 10.2. The second kappa shape index (κ2) is 6.16. The van der Waals surface area contributed by atoms with Crippen LogP contribution in [-0.2, 0) is 0 Å². The molecule has 2 atom stereocenters. The molecule has 86 valence electrons. The number of aliphatic hydroxyl groups is 1. The third-order valence-electron chi connectivity index (χ3n) is 2.20. The van der Waals surface area contributed by atoms with E-state index in [1.54, 1.807) is 6.92 Å². The maximum Gasteiger partial charge on any atom is 0.135 e. The van der Waals surface area contributed by atoms with Crippen LogP contribution in [-0.4, -0.2) is 23.9 Å². The van der Waals surface area contributed by atoms with Crippen LogP contribution in [0.1, 0.15) is 19.4 Å². The summed E-state index contributed by atoms with van der Waals surface area (Å²) in [6.07, 6.45) is -0.781. The first-order valence-electron chi connectivity index (χ1n) is 5.28. The second-order valence-electron chi connectivity index (χ2n) is 3.57. The van der Waals surface area contributed by atoms with Gasteiger partial charge in [0.2, 0.25) is 0 Å². The molecule has 3 heteroatoms. The fraction of sp³-hybridized carbons (Fsp3) is 0.385. The van der Waals surface area contributed by atoms with E-state index in [2.05, 4.69) is 11.8 Å². The molecule has 0 saturated carbocycles. The van der Waals surface area contributed by atoms with E-state index in [0.29, 0.717) is 12.3 Å². The van der Waals surface area contributed by atoms with Crippen LogP contribution in [0.3, 0.4) is 0 Å². The van der Waals surface area contributed by atoms with Gasteiger partial charge in [0.25, 0.3) is 0 Å². The van der Waals surface area contributed by atoms with Crippen molar-refractivity contribution in [2.45, 2.75) is 26.1 Å². The summed E-state index contributed by atoms with van der Waals surface area (Å²) in [7, 11) is 0. The molecule has 0 aromatic heterocycles. The molecule has 0 bridgehead atoms. The van der Waals surface area contributed by atoms with Crippen LogP contribution in [0.25, 0.3) is 0 Å². The molecule has 0 radical (unpaired) electrons. The van der Waals surface area contributed by atoms with Gasteiger partial charge in [0.05, 0.1) is 18.2 Å². The highest BCUT2D eigenvalue weighted by atomic mass is 16.5. The molecule has 0 heterocycles. The summed E-state index contributed by atoms with van der Waals surface area (Å²) in [6.45, 7) is 3.83. The predicted molar refractivity (Wildman–Crippen MR) is 64.1 cm³/mol. The first kappa shape index (κ1) is 12.6. The van der Waals surface area contributed by atoms with E-state index < -0.39 is 6.10 Å². The molecule has 1 rings (SSSR count). The SMILES string of the molecule is C[C@H](O)[C@@H](C)Oc1ccccc1C#CCN. The first-order valence-corrected chi connectivity index (χ1v) is 5.28. The van der Waals surface area contributed by atoms with Crippen molar-refractivity contribution >= 4 is 0 Å². The Labute approximate surface area is 96.2 Å². The number of nitrogens with two attached hydrogens (primary N) is 1. The van der Waals surface area contributed by atoms with E-state index in [1.807, 2.05) is 31.2 Å². The summed E-state index contributed by atoms with van der Waals surface area (Å²) in [5.41, 5.74) is 6.11. The molecule has 16 heavy (non-hydrogen) atoms. The molecule has 0 aliphatic carbocycles. The molecular weight excluding hydrogens is 202 g/mol. The van der Waals surface area contributed by atoms with Crippen molar-refractivity contribution in [1.29, 1.82) is 0 Å². The van der Waals surface area contributed by atoms with Crippen LogP contribution in [0.15, 0.2) is 24.3 Å². The van der Waals surface area contributed by atoms with Crippen LogP contribution in [0, 0.1) is 11.8 Å². The zero-order valence-electron chi connectivity index (χ0n) is 9.60. The van der Waals surface area contributed by atoms with Crippen molar-refractivity contribution in [2.24, 2.45) is 5.73 Å². The smallest absolute Gasteiger partial charge is 0.135 e. The topological polar surface area (TPSA) is 55.5 Å². The van der Waals surface area contributed by atoms with E-state index in [9.17, 15) is 5.11 Å². The van der Waals surface area contributed by atoms with Crippen molar-refractivity contribution in [3.63, 3.8) is 0 Å². The minimum atomic E-state index is -0.518. The van der Waals surface area contributed by atoms with Gasteiger partial charge in [0, 0.05) is 0 Å². The van der Waals surface area contributed by atoms with Crippen LogP contribution < -0.4 is 10.5 Å². The molecule has 1 aromatic rings. The summed E-state index contributed by atoms with van der Waals surface area (Å²) in [4.78, 5) is 0. The molecule has 0 unspecified atom stereocenters. The minimum Gasteiger partial charge on any atom is -0.487 e. The lowest BCUT2D eigenvalue weighted by molar-refractivity contribution is 0.0603.